The Hall–Kier alpha value is -1.86. The van der Waals surface area contributed by atoms with Crippen molar-refractivity contribution >= 4 is 23.6 Å². The van der Waals surface area contributed by atoms with Gasteiger partial charge in [-0.1, -0.05) is 0 Å². The smallest absolute Gasteiger partial charge is 0.284 e. The molecule has 1 atom stereocenters. The summed E-state index contributed by atoms with van der Waals surface area (Å²) in [6.07, 6.45) is -0.846. The van der Waals surface area contributed by atoms with Crippen LogP contribution in [0.25, 0.3) is 0 Å². The molecule has 7 heteroatoms. The van der Waals surface area contributed by atoms with Crippen molar-refractivity contribution in [2.45, 2.75) is 13.0 Å². The Morgan fingerprint density at radius 2 is 1.95 bits per heavy atom. The van der Waals surface area contributed by atoms with Crippen molar-refractivity contribution in [2.24, 2.45) is 0 Å². The number of nitrogens with one attached hydrogen (secondary N) is 3. The molecule has 102 valence electrons. The monoisotopic (exact) mass is 280 g/mol. The molecule has 0 fully saturated rings. The zero-order chi connectivity index (χ0) is 13.7. The van der Waals surface area contributed by atoms with E-state index in [1.165, 1.54) is 0 Å². The van der Waals surface area contributed by atoms with Crippen molar-refractivity contribution in [3.05, 3.63) is 35.0 Å². The van der Waals surface area contributed by atoms with Gasteiger partial charge in [-0.05, 0) is 43.4 Å². The summed E-state index contributed by atoms with van der Waals surface area (Å²) in [5, 5.41) is 22.4. The lowest BCUT2D eigenvalue weighted by Gasteiger charge is -2.10. The van der Waals surface area contributed by atoms with Gasteiger partial charge in [0.25, 0.3) is 4.84 Å². The van der Waals surface area contributed by atoms with E-state index in [0.29, 0.717) is 6.54 Å². The van der Waals surface area contributed by atoms with Crippen molar-refractivity contribution in [1.29, 1.82) is 0 Å². The number of hydrogen-bond acceptors (Lipinski definition) is 6. The van der Waals surface area contributed by atoms with Crippen LogP contribution in [0.15, 0.2) is 28.7 Å². The molecule has 0 spiro atoms. The topological polar surface area (TPSA) is 86.1 Å². The van der Waals surface area contributed by atoms with E-state index in [1.54, 1.807) is 0 Å². The molecule has 4 N–H and O–H groups in total. The SMILES string of the molecule is CCNc1ccc(NCC(O)c2n[nH]c(=S)o2)cc1. The van der Waals surface area contributed by atoms with Gasteiger partial charge in [0, 0.05) is 24.5 Å². The molecule has 0 bridgehead atoms. The van der Waals surface area contributed by atoms with Crippen LogP contribution in [0.5, 0.6) is 0 Å². The van der Waals surface area contributed by atoms with Crippen LogP contribution in [0.3, 0.4) is 0 Å². The van der Waals surface area contributed by atoms with E-state index in [2.05, 4.69) is 20.8 Å². The summed E-state index contributed by atoms with van der Waals surface area (Å²) >= 11 is 4.75. The summed E-state index contributed by atoms with van der Waals surface area (Å²) in [6.45, 7) is 3.22. The van der Waals surface area contributed by atoms with E-state index in [-0.39, 0.29) is 10.7 Å². The lowest BCUT2D eigenvalue weighted by Crippen LogP contribution is -2.12. The fourth-order valence-electron chi connectivity index (χ4n) is 1.60. The van der Waals surface area contributed by atoms with Gasteiger partial charge in [-0.25, -0.2) is 5.10 Å². The van der Waals surface area contributed by atoms with Crippen LogP contribution >= 0.6 is 12.2 Å². The van der Waals surface area contributed by atoms with E-state index >= 15 is 0 Å². The molecular formula is C12H16N4O2S. The van der Waals surface area contributed by atoms with Crippen molar-refractivity contribution in [3.8, 4) is 0 Å². The number of anilines is 2. The van der Waals surface area contributed by atoms with Gasteiger partial charge in [0.2, 0.25) is 5.89 Å². The molecule has 1 aromatic carbocycles. The van der Waals surface area contributed by atoms with Gasteiger partial charge < -0.3 is 20.2 Å². The predicted molar refractivity (Wildman–Crippen MR) is 75.7 cm³/mol. The van der Waals surface area contributed by atoms with Gasteiger partial charge >= 0.3 is 0 Å². The summed E-state index contributed by atoms with van der Waals surface area (Å²) in [6, 6.07) is 7.81. The second kappa shape index (κ2) is 6.35. The van der Waals surface area contributed by atoms with E-state index in [4.69, 9.17) is 16.6 Å². The van der Waals surface area contributed by atoms with Crippen LogP contribution in [0.2, 0.25) is 0 Å². The van der Waals surface area contributed by atoms with Crippen LogP contribution in [0.1, 0.15) is 18.9 Å². The molecule has 0 saturated carbocycles. The summed E-state index contributed by atoms with van der Waals surface area (Å²) in [5.41, 5.74) is 1.97. The highest BCUT2D eigenvalue weighted by Gasteiger charge is 2.12. The Morgan fingerprint density at radius 1 is 1.32 bits per heavy atom. The van der Waals surface area contributed by atoms with Gasteiger partial charge in [0.15, 0.2) is 0 Å². The number of aliphatic hydroxyl groups is 1. The van der Waals surface area contributed by atoms with Gasteiger partial charge in [-0.2, -0.15) is 0 Å². The van der Waals surface area contributed by atoms with E-state index < -0.39 is 6.10 Å². The third kappa shape index (κ3) is 3.80. The van der Waals surface area contributed by atoms with Crippen molar-refractivity contribution in [3.63, 3.8) is 0 Å². The molecule has 2 rings (SSSR count). The second-order valence-electron chi connectivity index (χ2n) is 3.96. The normalized spacial score (nSPS) is 12.1. The second-order valence-corrected chi connectivity index (χ2v) is 4.33. The number of hydrogen-bond donors (Lipinski definition) is 4. The minimum Gasteiger partial charge on any atom is -0.411 e. The maximum Gasteiger partial charge on any atom is 0.284 e. The summed E-state index contributed by atoms with van der Waals surface area (Å²) < 4.78 is 5.03. The lowest BCUT2D eigenvalue weighted by atomic mass is 10.2. The first kappa shape index (κ1) is 13.6. The number of benzene rings is 1. The summed E-state index contributed by atoms with van der Waals surface area (Å²) in [7, 11) is 0. The quantitative estimate of drug-likeness (QED) is 0.608. The number of aliphatic hydroxyl groups excluding tert-OH is 1. The zero-order valence-corrected chi connectivity index (χ0v) is 11.3. The van der Waals surface area contributed by atoms with Crippen LogP contribution in [0, 0.1) is 4.84 Å². The molecule has 0 aliphatic heterocycles. The molecule has 1 heterocycles. The molecule has 1 unspecified atom stereocenters. The number of aromatic amines is 1. The molecule has 0 radical (unpaired) electrons. The number of H-pyrrole nitrogens is 1. The van der Waals surface area contributed by atoms with E-state index in [0.717, 1.165) is 17.9 Å². The van der Waals surface area contributed by atoms with Crippen molar-refractivity contribution < 1.29 is 9.52 Å². The van der Waals surface area contributed by atoms with E-state index in [9.17, 15) is 5.11 Å². The first-order valence-electron chi connectivity index (χ1n) is 6.00. The van der Waals surface area contributed by atoms with Crippen LogP contribution in [-0.4, -0.2) is 28.4 Å². The Balaban J connectivity index is 1.89. The highest BCUT2D eigenvalue weighted by atomic mass is 32.1. The van der Waals surface area contributed by atoms with Crippen molar-refractivity contribution in [2.75, 3.05) is 23.7 Å². The third-order valence-electron chi connectivity index (χ3n) is 2.51. The molecule has 0 saturated heterocycles. The molecule has 0 amide bonds. The molecule has 0 aliphatic rings. The number of aromatic nitrogens is 2. The maximum absolute atomic E-state index is 9.84. The Bertz CT molecular complexity index is 564. The third-order valence-corrected chi connectivity index (χ3v) is 2.68. The largest absolute Gasteiger partial charge is 0.411 e. The zero-order valence-electron chi connectivity index (χ0n) is 10.5. The highest BCUT2D eigenvalue weighted by Crippen LogP contribution is 2.15. The van der Waals surface area contributed by atoms with Gasteiger partial charge in [0.05, 0.1) is 0 Å². The molecule has 0 aliphatic carbocycles. The molecule has 6 nitrogen and oxygen atoms in total. The van der Waals surface area contributed by atoms with Gasteiger partial charge in [-0.3, -0.25) is 0 Å². The average Bonchev–Trinajstić information content (AvgIpc) is 2.85. The minimum atomic E-state index is -0.846. The van der Waals surface area contributed by atoms with Crippen LogP contribution < -0.4 is 10.6 Å². The molecule has 2 aromatic rings. The van der Waals surface area contributed by atoms with Crippen molar-refractivity contribution in [1.82, 2.24) is 10.2 Å². The van der Waals surface area contributed by atoms with Gasteiger partial charge in [-0.15, -0.1) is 5.10 Å². The van der Waals surface area contributed by atoms with Crippen LogP contribution in [0.4, 0.5) is 11.4 Å². The van der Waals surface area contributed by atoms with Gasteiger partial charge in [0.1, 0.15) is 6.10 Å². The highest BCUT2D eigenvalue weighted by molar-refractivity contribution is 7.71. The van der Waals surface area contributed by atoms with Crippen LogP contribution in [-0.2, 0) is 0 Å². The first-order chi connectivity index (χ1) is 9.19. The maximum atomic E-state index is 9.84. The predicted octanol–water partition coefficient (Wildman–Crippen LogP) is 2.31. The van der Waals surface area contributed by atoms with E-state index in [1.807, 2.05) is 31.2 Å². The number of nitrogens with zero attached hydrogens (tertiary/aromatic N) is 1. The fourth-order valence-corrected chi connectivity index (χ4v) is 1.73. The standard InChI is InChI=1S/C12H16N4O2S/c1-2-13-8-3-5-9(6-4-8)14-7-10(17)11-15-16-12(19)18-11/h3-6,10,13-14,17H,2,7H2,1H3,(H,16,19). The summed E-state index contributed by atoms with van der Waals surface area (Å²) in [5.74, 6) is 0.182. The fraction of sp³-hybridized carbons (Fsp3) is 0.333. The Morgan fingerprint density at radius 3 is 2.47 bits per heavy atom. The Labute approximate surface area is 115 Å². The first-order valence-corrected chi connectivity index (χ1v) is 6.41. The number of rotatable bonds is 6. The average molecular weight is 280 g/mol. The minimum absolute atomic E-state index is 0.157. The molecule has 1 aromatic heterocycles. The summed E-state index contributed by atoms with van der Waals surface area (Å²) in [4.78, 5) is 0.157. The lowest BCUT2D eigenvalue weighted by molar-refractivity contribution is 0.155. The molecular weight excluding hydrogens is 264 g/mol. The molecule has 19 heavy (non-hydrogen) atoms. The Kier molecular flexibility index (Phi) is 4.53.